The van der Waals surface area contributed by atoms with Gasteiger partial charge in [-0.2, -0.15) is 0 Å². The van der Waals surface area contributed by atoms with E-state index in [0.717, 1.165) is 0 Å². The van der Waals surface area contributed by atoms with Crippen molar-refractivity contribution in [1.82, 2.24) is 0 Å². The third kappa shape index (κ3) is 2.34. The zero-order chi connectivity index (χ0) is 9.07. The standard InChI is InChI=1S/C5H7NO5/c6-5(2-7,4(10)11)1-3(8)9/h2H,1,6H2,(H,8,9)(H,10,11). The van der Waals surface area contributed by atoms with Crippen molar-refractivity contribution in [3.05, 3.63) is 0 Å². The second-order valence-corrected chi connectivity index (χ2v) is 2.03. The SMILES string of the molecule is NC(C=O)(CC(=O)O)C(=O)O. The van der Waals surface area contributed by atoms with Crippen molar-refractivity contribution in [3.8, 4) is 0 Å². The highest BCUT2D eigenvalue weighted by atomic mass is 16.4. The number of carbonyl (C=O) groups is 3. The van der Waals surface area contributed by atoms with Gasteiger partial charge in [-0.1, -0.05) is 0 Å². The Morgan fingerprint density at radius 3 is 2.00 bits per heavy atom. The molecule has 0 aliphatic carbocycles. The molecule has 6 heteroatoms. The van der Waals surface area contributed by atoms with Gasteiger partial charge in [-0.25, -0.2) is 4.79 Å². The first-order valence-corrected chi connectivity index (χ1v) is 2.63. The summed E-state index contributed by atoms with van der Waals surface area (Å²) in [7, 11) is 0. The maximum Gasteiger partial charge on any atom is 0.331 e. The molecule has 0 aliphatic rings. The third-order valence-electron chi connectivity index (χ3n) is 1.05. The van der Waals surface area contributed by atoms with Crippen LogP contribution in [-0.2, 0) is 14.4 Å². The van der Waals surface area contributed by atoms with Crippen molar-refractivity contribution in [1.29, 1.82) is 0 Å². The molecular weight excluding hydrogens is 154 g/mol. The van der Waals surface area contributed by atoms with E-state index in [2.05, 4.69) is 0 Å². The highest BCUT2D eigenvalue weighted by Gasteiger charge is 2.36. The fourth-order valence-corrected chi connectivity index (χ4v) is 0.418. The minimum absolute atomic E-state index is 0.0938. The predicted octanol–water partition coefficient (Wildman–Crippen LogP) is -1.56. The van der Waals surface area contributed by atoms with Gasteiger partial charge in [-0.3, -0.25) is 4.79 Å². The molecule has 0 aromatic rings. The van der Waals surface area contributed by atoms with Crippen LogP contribution in [-0.4, -0.2) is 34.0 Å². The molecule has 0 aliphatic heterocycles. The van der Waals surface area contributed by atoms with Crippen molar-refractivity contribution < 1.29 is 24.6 Å². The van der Waals surface area contributed by atoms with E-state index in [1.807, 2.05) is 0 Å². The van der Waals surface area contributed by atoms with Gasteiger partial charge in [-0.05, 0) is 0 Å². The number of aldehydes is 1. The van der Waals surface area contributed by atoms with Crippen molar-refractivity contribution in [3.63, 3.8) is 0 Å². The lowest BCUT2D eigenvalue weighted by molar-refractivity contribution is -0.151. The maximum absolute atomic E-state index is 10.2. The fraction of sp³-hybridized carbons (Fsp3) is 0.400. The highest BCUT2D eigenvalue weighted by molar-refractivity contribution is 6.00. The van der Waals surface area contributed by atoms with E-state index in [-0.39, 0.29) is 6.29 Å². The molecule has 0 fully saturated rings. The number of carboxylic acid groups (broad SMARTS) is 2. The summed E-state index contributed by atoms with van der Waals surface area (Å²) in [5.41, 5.74) is 2.59. The van der Waals surface area contributed by atoms with Gasteiger partial charge in [-0.15, -0.1) is 0 Å². The summed E-state index contributed by atoms with van der Waals surface area (Å²) in [5.74, 6) is -3.07. The van der Waals surface area contributed by atoms with E-state index in [1.54, 1.807) is 0 Å². The first-order chi connectivity index (χ1) is 4.92. The number of nitrogens with two attached hydrogens (primary N) is 1. The lowest BCUT2D eigenvalue weighted by atomic mass is 9.99. The van der Waals surface area contributed by atoms with Gasteiger partial charge in [0.15, 0.2) is 11.8 Å². The Kier molecular flexibility index (Phi) is 2.70. The molecule has 0 saturated carbocycles. The average Bonchev–Trinajstić information content (AvgIpc) is 1.86. The zero-order valence-corrected chi connectivity index (χ0v) is 5.48. The van der Waals surface area contributed by atoms with E-state index in [9.17, 15) is 14.4 Å². The molecule has 62 valence electrons. The minimum Gasteiger partial charge on any atom is -0.481 e. The molecule has 0 bridgehead atoms. The highest BCUT2D eigenvalue weighted by Crippen LogP contribution is 2.02. The average molecular weight is 161 g/mol. The Morgan fingerprint density at radius 1 is 1.45 bits per heavy atom. The summed E-state index contributed by atoms with van der Waals surface area (Å²) < 4.78 is 0. The van der Waals surface area contributed by atoms with E-state index in [0.29, 0.717) is 0 Å². The summed E-state index contributed by atoms with van der Waals surface area (Å²) in [5, 5.41) is 16.4. The Labute approximate surface area is 61.6 Å². The monoisotopic (exact) mass is 161 g/mol. The van der Waals surface area contributed by atoms with Crippen LogP contribution in [0.15, 0.2) is 0 Å². The van der Waals surface area contributed by atoms with Gasteiger partial charge in [0.05, 0.1) is 6.42 Å². The van der Waals surface area contributed by atoms with Crippen LogP contribution in [0.4, 0.5) is 0 Å². The van der Waals surface area contributed by atoms with Gasteiger partial charge in [0.25, 0.3) is 0 Å². The lowest BCUT2D eigenvalue weighted by Crippen LogP contribution is -2.51. The van der Waals surface area contributed by atoms with Crippen molar-refractivity contribution in [2.45, 2.75) is 12.0 Å². The molecule has 0 radical (unpaired) electrons. The Hall–Kier alpha value is -1.43. The largest absolute Gasteiger partial charge is 0.481 e. The molecule has 11 heavy (non-hydrogen) atoms. The summed E-state index contributed by atoms with van der Waals surface area (Å²) >= 11 is 0. The lowest BCUT2D eigenvalue weighted by Gasteiger charge is -2.13. The topological polar surface area (TPSA) is 118 Å². The van der Waals surface area contributed by atoms with Crippen LogP contribution in [0.1, 0.15) is 6.42 Å². The van der Waals surface area contributed by atoms with Gasteiger partial charge < -0.3 is 20.7 Å². The van der Waals surface area contributed by atoms with E-state index >= 15 is 0 Å². The van der Waals surface area contributed by atoms with Gasteiger partial charge in [0.2, 0.25) is 0 Å². The van der Waals surface area contributed by atoms with Crippen LogP contribution >= 0.6 is 0 Å². The van der Waals surface area contributed by atoms with Crippen molar-refractivity contribution >= 4 is 18.2 Å². The fourth-order valence-electron chi connectivity index (χ4n) is 0.418. The zero-order valence-electron chi connectivity index (χ0n) is 5.48. The quantitative estimate of drug-likeness (QED) is 0.339. The molecule has 0 aromatic carbocycles. The van der Waals surface area contributed by atoms with Crippen LogP contribution < -0.4 is 5.73 Å². The second-order valence-electron chi connectivity index (χ2n) is 2.03. The first kappa shape index (κ1) is 9.57. The number of hydrogen-bond donors (Lipinski definition) is 3. The summed E-state index contributed by atoms with van der Waals surface area (Å²) in [6.07, 6.45) is -1.00. The molecule has 0 saturated heterocycles. The molecule has 0 heterocycles. The Morgan fingerprint density at radius 2 is 1.91 bits per heavy atom. The molecule has 0 rings (SSSR count). The van der Waals surface area contributed by atoms with Crippen LogP contribution in [0.5, 0.6) is 0 Å². The molecule has 0 spiro atoms. The molecule has 0 amide bonds. The van der Waals surface area contributed by atoms with Gasteiger partial charge in [0.1, 0.15) is 0 Å². The van der Waals surface area contributed by atoms with Crippen molar-refractivity contribution in [2.75, 3.05) is 0 Å². The minimum atomic E-state index is -2.30. The van der Waals surface area contributed by atoms with Crippen LogP contribution in [0, 0.1) is 0 Å². The van der Waals surface area contributed by atoms with Gasteiger partial charge >= 0.3 is 11.9 Å². The number of carbonyl (C=O) groups excluding carboxylic acids is 1. The maximum atomic E-state index is 10.2. The number of rotatable bonds is 4. The Bertz CT molecular complexity index is 201. The molecule has 1 atom stereocenters. The number of hydrogen-bond acceptors (Lipinski definition) is 4. The molecule has 4 N–H and O–H groups in total. The summed E-state index contributed by atoms with van der Waals surface area (Å²) in [6, 6.07) is 0. The Balaban J connectivity index is 4.47. The number of carboxylic acids is 2. The van der Waals surface area contributed by atoms with E-state index < -0.39 is 23.9 Å². The van der Waals surface area contributed by atoms with Crippen LogP contribution in [0.3, 0.4) is 0 Å². The van der Waals surface area contributed by atoms with E-state index in [4.69, 9.17) is 15.9 Å². The van der Waals surface area contributed by atoms with Crippen molar-refractivity contribution in [2.24, 2.45) is 5.73 Å². The van der Waals surface area contributed by atoms with Crippen LogP contribution in [0.25, 0.3) is 0 Å². The smallest absolute Gasteiger partial charge is 0.331 e. The second kappa shape index (κ2) is 3.11. The van der Waals surface area contributed by atoms with Gasteiger partial charge in [0, 0.05) is 0 Å². The molecular formula is C5H7NO5. The number of aliphatic carboxylic acids is 2. The predicted molar refractivity (Wildman–Crippen MR) is 32.9 cm³/mol. The summed E-state index contributed by atoms with van der Waals surface area (Å²) in [4.78, 5) is 30.2. The first-order valence-electron chi connectivity index (χ1n) is 2.63. The normalized spacial score (nSPS) is 15.0. The molecule has 1 unspecified atom stereocenters. The molecule has 6 nitrogen and oxygen atoms in total. The summed E-state index contributed by atoms with van der Waals surface area (Å²) in [6.45, 7) is 0. The van der Waals surface area contributed by atoms with Crippen LogP contribution in [0.2, 0.25) is 0 Å². The molecule has 0 aromatic heterocycles. The third-order valence-corrected chi connectivity index (χ3v) is 1.05. The van der Waals surface area contributed by atoms with E-state index in [1.165, 1.54) is 0 Å².